The Morgan fingerprint density at radius 1 is 1.11 bits per heavy atom. The zero-order chi connectivity index (χ0) is 13.4. The highest BCUT2D eigenvalue weighted by atomic mass is 16.5. The molecule has 4 nitrogen and oxygen atoms in total. The molecule has 3 aromatic rings. The number of hydrogen-bond acceptors (Lipinski definition) is 3. The molecule has 0 aliphatic heterocycles. The van der Waals surface area contributed by atoms with E-state index in [1.54, 1.807) is 18.0 Å². The number of aromatic nitrogens is 2. The van der Waals surface area contributed by atoms with Crippen molar-refractivity contribution in [2.75, 3.05) is 12.8 Å². The van der Waals surface area contributed by atoms with Crippen molar-refractivity contribution in [2.45, 2.75) is 0 Å². The molecule has 0 radical (unpaired) electrons. The van der Waals surface area contributed by atoms with E-state index >= 15 is 0 Å². The molecule has 3 rings (SSSR count). The summed E-state index contributed by atoms with van der Waals surface area (Å²) < 4.78 is 7.02. The lowest BCUT2D eigenvalue weighted by atomic mass is 10.0. The number of hydrogen-bond donors (Lipinski definition) is 1. The predicted octanol–water partition coefficient (Wildman–Crippen LogP) is 2.83. The molecular weight excluding hydrogens is 238 g/mol. The minimum absolute atomic E-state index is 0.690. The summed E-state index contributed by atoms with van der Waals surface area (Å²) in [4.78, 5) is 0. The first-order chi connectivity index (χ1) is 9.19. The maximum atomic E-state index is 5.96. The van der Waals surface area contributed by atoms with Gasteiger partial charge in [0.25, 0.3) is 0 Å². The number of nitrogens with two attached hydrogens (primary N) is 1. The van der Waals surface area contributed by atoms with Crippen LogP contribution in [0.15, 0.2) is 42.6 Å². The van der Waals surface area contributed by atoms with Gasteiger partial charge in [-0.15, -0.1) is 0 Å². The van der Waals surface area contributed by atoms with Gasteiger partial charge in [-0.1, -0.05) is 18.2 Å². The van der Waals surface area contributed by atoms with Crippen molar-refractivity contribution < 1.29 is 4.74 Å². The van der Waals surface area contributed by atoms with Crippen molar-refractivity contribution in [1.29, 1.82) is 0 Å². The van der Waals surface area contributed by atoms with Crippen LogP contribution in [0.4, 0.5) is 5.69 Å². The van der Waals surface area contributed by atoms with Crippen molar-refractivity contribution in [2.24, 2.45) is 7.05 Å². The molecule has 0 saturated carbocycles. The summed E-state index contributed by atoms with van der Waals surface area (Å²) in [5, 5.41) is 6.47. The summed E-state index contributed by atoms with van der Waals surface area (Å²) in [5.74, 6) is 0.861. The van der Waals surface area contributed by atoms with Gasteiger partial charge in [0.05, 0.1) is 24.7 Å². The number of fused-ring (bicyclic) bond motifs is 1. The molecule has 0 atom stereocenters. The predicted molar refractivity (Wildman–Crippen MR) is 77.1 cm³/mol. The Bertz CT molecular complexity index is 727. The number of methoxy groups -OCH3 is 1. The molecule has 96 valence electrons. The van der Waals surface area contributed by atoms with Crippen LogP contribution in [0.3, 0.4) is 0 Å². The Morgan fingerprint density at radius 2 is 1.84 bits per heavy atom. The summed E-state index contributed by atoms with van der Waals surface area (Å²) in [6.07, 6.45) is 1.67. The number of benzene rings is 2. The molecular formula is C15H15N3O. The molecule has 0 amide bonds. The minimum atomic E-state index is 0.690. The number of rotatable bonds is 2. The molecule has 0 aliphatic rings. The van der Waals surface area contributed by atoms with E-state index in [1.807, 2.05) is 25.2 Å². The van der Waals surface area contributed by atoms with E-state index in [1.165, 1.54) is 0 Å². The van der Waals surface area contributed by atoms with Crippen molar-refractivity contribution in [1.82, 2.24) is 9.78 Å². The first-order valence-corrected chi connectivity index (χ1v) is 6.04. The zero-order valence-electron chi connectivity index (χ0n) is 10.9. The number of aryl methyl sites for hydroxylation is 1. The first-order valence-electron chi connectivity index (χ1n) is 6.04. The normalized spacial score (nSPS) is 10.8. The van der Waals surface area contributed by atoms with Gasteiger partial charge in [0, 0.05) is 12.6 Å². The van der Waals surface area contributed by atoms with Crippen LogP contribution in [0, 0.1) is 0 Å². The molecule has 1 aromatic heterocycles. The van der Waals surface area contributed by atoms with Crippen LogP contribution < -0.4 is 10.5 Å². The van der Waals surface area contributed by atoms with Crippen LogP contribution in [0.1, 0.15) is 0 Å². The monoisotopic (exact) mass is 253 g/mol. The molecule has 4 heteroatoms. The fraction of sp³-hybridized carbons (Fsp3) is 0.133. The van der Waals surface area contributed by atoms with Gasteiger partial charge in [-0.05, 0) is 29.0 Å². The molecule has 0 spiro atoms. The van der Waals surface area contributed by atoms with Gasteiger partial charge in [-0.25, -0.2) is 0 Å². The Kier molecular flexibility index (Phi) is 2.63. The molecule has 1 heterocycles. The first kappa shape index (κ1) is 11.6. The van der Waals surface area contributed by atoms with Crippen LogP contribution in [0.2, 0.25) is 0 Å². The second kappa shape index (κ2) is 4.31. The Morgan fingerprint density at radius 3 is 2.53 bits per heavy atom. The number of nitrogens with zero attached hydrogens (tertiary/aromatic N) is 2. The Hall–Kier alpha value is -2.49. The second-order valence-electron chi connectivity index (χ2n) is 4.50. The van der Waals surface area contributed by atoms with Crippen molar-refractivity contribution >= 4 is 16.5 Å². The quantitative estimate of drug-likeness (QED) is 0.764. The van der Waals surface area contributed by atoms with Crippen LogP contribution in [0.25, 0.3) is 22.0 Å². The second-order valence-corrected chi connectivity index (χ2v) is 4.50. The molecule has 0 saturated heterocycles. The molecule has 0 aliphatic carbocycles. The Balaban J connectivity index is 2.17. The topological polar surface area (TPSA) is 53.1 Å². The van der Waals surface area contributed by atoms with E-state index in [0.717, 1.165) is 27.8 Å². The summed E-state index contributed by atoms with van der Waals surface area (Å²) in [6, 6.07) is 12.3. The number of nitrogen functional groups attached to an aromatic ring is 1. The summed E-state index contributed by atoms with van der Waals surface area (Å²) in [6.45, 7) is 0. The summed E-state index contributed by atoms with van der Waals surface area (Å²) in [5.41, 5.74) is 8.66. The van der Waals surface area contributed by atoms with Gasteiger partial charge in [-0.3, -0.25) is 4.68 Å². The van der Waals surface area contributed by atoms with E-state index in [-0.39, 0.29) is 0 Å². The maximum Gasteiger partial charge on any atom is 0.119 e. The van der Waals surface area contributed by atoms with Gasteiger partial charge in [0.2, 0.25) is 0 Å². The van der Waals surface area contributed by atoms with Crippen molar-refractivity contribution in [3.05, 3.63) is 42.6 Å². The maximum absolute atomic E-state index is 5.96. The fourth-order valence-electron chi connectivity index (χ4n) is 2.31. The van der Waals surface area contributed by atoms with E-state index < -0.39 is 0 Å². The molecule has 0 fully saturated rings. The molecule has 2 N–H and O–H groups in total. The van der Waals surface area contributed by atoms with E-state index in [0.29, 0.717) is 5.69 Å². The summed E-state index contributed by atoms with van der Waals surface area (Å²) >= 11 is 0. The van der Waals surface area contributed by atoms with Gasteiger partial charge in [0.15, 0.2) is 0 Å². The smallest absolute Gasteiger partial charge is 0.119 e. The average Bonchev–Trinajstić information content (AvgIpc) is 2.77. The van der Waals surface area contributed by atoms with Crippen LogP contribution in [0.5, 0.6) is 5.75 Å². The molecule has 19 heavy (non-hydrogen) atoms. The van der Waals surface area contributed by atoms with Gasteiger partial charge in [0.1, 0.15) is 5.75 Å². The highest BCUT2D eigenvalue weighted by Crippen LogP contribution is 2.29. The third-order valence-electron chi connectivity index (χ3n) is 3.29. The SMILES string of the molecule is COc1ccc2cc(-c3c(N)cnn3C)ccc2c1. The van der Waals surface area contributed by atoms with Crippen molar-refractivity contribution in [3.63, 3.8) is 0 Å². The van der Waals surface area contributed by atoms with Crippen LogP contribution in [-0.4, -0.2) is 16.9 Å². The average molecular weight is 253 g/mol. The van der Waals surface area contributed by atoms with Gasteiger partial charge >= 0.3 is 0 Å². The van der Waals surface area contributed by atoms with Crippen LogP contribution >= 0.6 is 0 Å². The van der Waals surface area contributed by atoms with E-state index in [2.05, 4.69) is 23.3 Å². The zero-order valence-corrected chi connectivity index (χ0v) is 10.9. The lowest BCUT2D eigenvalue weighted by Crippen LogP contribution is -1.95. The van der Waals surface area contributed by atoms with E-state index in [9.17, 15) is 0 Å². The van der Waals surface area contributed by atoms with Gasteiger partial charge in [-0.2, -0.15) is 5.10 Å². The minimum Gasteiger partial charge on any atom is -0.497 e. The van der Waals surface area contributed by atoms with E-state index in [4.69, 9.17) is 10.5 Å². The Labute approximate surface area is 111 Å². The third-order valence-corrected chi connectivity index (χ3v) is 3.29. The molecule has 2 aromatic carbocycles. The highest BCUT2D eigenvalue weighted by molar-refractivity contribution is 5.89. The lowest BCUT2D eigenvalue weighted by molar-refractivity contribution is 0.415. The third kappa shape index (κ3) is 1.91. The standard InChI is InChI=1S/C15H15N3O/c1-18-15(14(16)9-17-18)12-4-3-11-8-13(19-2)6-5-10(11)7-12/h3-9H,16H2,1-2H3. The largest absolute Gasteiger partial charge is 0.497 e. The van der Waals surface area contributed by atoms with Gasteiger partial charge < -0.3 is 10.5 Å². The molecule has 0 bridgehead atoms. The van der Waals surface area contributed by atoms with Crippen LogP contribution in [-0.2, 0) is 7.05 Å². The number of anilines is 1. The highest BCUT2D eigenvalue weighted by Gasteiger charge is 2.08. The number of ether oxygens (including phenoxy) is 1. The molecule has 0 unspecified atom stereocenters. The lowest BCUT2D eigenvalue weighted by Gasteiger charge is -2.07. The van der Waals surface area contributed by atoms with Crippen molar-refractivity contribution in [3.8, 4) is 17.0 Å². The summed E-state index contributed by atoms with van der Waals surface area (Å²) in [7, 11) is 3.57. The fourth-order valence-corrected chi connectivity index (χ4v) is 2.31.